The van der Waals surface area contributed by atoms with Gasteiger partial charge in [0.2, 0.25) is 0 Å². The molecule has 0 saturated carbocycles. The molecule has 0 atom stereocenters. The van der Waals surface area contributed by atoms with Crippen LogP contribution in [-0.4, -0.2) is 25.2 Å². The molecule has 4 heteroatoms. The van der Waals surface area contributed by atoms with Crippen molar-refractivity contribution in [3.05, 3.63) is 41.0 Å². The maximum absolute atomic E-state index is 12.3. The third kappa shape index (κ3) is 3.75. The summed E-state index contributed by atoms with van der Waals surface area (Å²) in [5.41, 5.74) is 3.64. The number of rotatable bonds is 5. The maximum atomic E-state index is 12.3. The summed E-state index contributed by atoms with van der Waals surface area (Å²) < 4.78 is 10.1. The number of carbonyl (C=O) groups is 2. The van der Waals surface area contributed by atoms with Crippen molar-refractivity contribution in [1.29, 1.82) is 0 Å². The van der Waals surface area contributed by atoms with Gasteiger partial charge in [-0.1, -0.05) is 24.3 Å². The van der Waals surface area contributed by atoms with E-state index in [0.717, 1.165) is 30.4 Å². The number of carbonyl (C=O) groups excluding carboxylic acids is 2. The molecule has 1 aromatic rings. The number of fused-ring (bicyclic) bond motifs is 1. The summed E-state index contributed by atoms with van der Waals surface area (Å²) in [6.45, 7) is 4.12. The second kappa shape index (κ2) is 7.78. The summed E-state index contributed by atoms with van der Waals surface area (Å²) in [5.74, 6) is -0.802. The van der Waals surface area contributed by atoms with Gasteiger partial charge in [-0.3, -0.25) is 4.79 Å². The number of benzene rings is 1. The normalized spacial score (nSPS) is 15.7. The molecule has 0 aromatic heterocycles. The minimum Gasteiger partial charge on any atom is -0.466 e. The maximum Gasteiger partial charge on any atom is 0.334 e. The fourth-order valence-electron chi connectivity index (χ4n) is 2.81. The zero-order valence-corrected chi connectivity index (χ0v) is 13.2. The number of hydrogen-bond acceptors (Lipinski definition) is 4. The Labute approximate surface area is 131 Å². The average molecular weight is 302 g/mol. The lowest BCUT2D eigenvalue weighted by molar-refractivity contribution is -0.145. The highest BCUT2D eigenvalue weighted by atomic mass is 16.5. The minimum absolute atomic E-state index is 0.0314. The number of allylic oxidation sites excluding steroid dienone is 1. The van der Waals surface area contributed by atoms with E-state index in [4.69, 9.17) is 9.47 Å². The van der Waals surface area contributed by atoms with Gasteiger partial charge in [-0.15, -0.1) is 0 Å². The Balaban J connectivity index is 2.43. The summed E-state index contributed by atoms with van der Waals surface area (Å²) in [5, 5.41) is 0. The van der Waals surface area contributed by atoms with Crippen LogP contribution >= 0.6 is 0 Å². The molecule has 1 aliphatic rings. The molecule has 22 heavy (non-hydrogen) atoms. The van der Waals surface area contributed by atoms with E-state index < -0.39 is 5.97 Å². The van der Waals surface area contributed by atoms with Gasteiger partial charge in [0.25, 0.3) is 0 Å². The Hall–Kier alpha value is -2.10. The van der Waals surface area contributed by atoms with Crippen LogP contribution in [0.1, 0.15) is 44.2 Å². The van der Waals surface area contributed by atoms with Gasteiger partial charge in [0, 0.05) is 0 Å². The van der Waals surface area contributed by atoms with Gasteiger partial charge >= 0.3 is 11.9 Å². The lowest BCUT2D eigenvalue weighted by atomic mass is 9.84. The Kier molecular flexibility index (Phi) is 5.75. The van der Waals surface area contributed by atoms with Crippen molar-refractivity contribution in [1.82, 2.24) is 0 Å². The van der Waals surface area contributed by atoms with Crippen molar-refractivity contribution in [2.24, 2.45) is 0 Å². The van der Waals surface area contributed by atoms with Gasteiger partial charge < -0.3 is 9.47 Å². The van der Waals surface area contributed by atoms with E-state index in [0.29, 0.717) is 18.8 Å². The summed E-state index contributed by atoms with van der Waals surface area (Å²) >= 11 is 0. The van der Waals surface area contributed by atoms with Crippen molar-refractivity contribution in [2.75, 3.05) is 13.2 Å². The minimum atomic E-state index is -0.415. The second-order valence-electron chi connectivity index (χ2n) is 5.17. The first-order valence-electron chi connectivity index (χ1n) is 7.80. The molecular formula is C18H22O4. The summed E-state index contributed by atoms with van der Waals surface area (Å²) in [4.78, 5) is 24.2. The van der Waals surface area contributed by atoms with Crippen LogP contribution in [0.15, 0.2) is 29.8 Å². The van der Waals surface area contributed by atoms with Crippen molar-refractivity contribution in [3.63, 3.8) is 0 Å². The molecule has 0 unspecified atom stereocenters. The standard InChI is InChI=1S/C18H22O4/c1-3-21-17(19)12-16(18(20)22-4-2)15-11-7-9-13-8-5-6-10-14(13)15/h5-6,8,10H,3-4,7,9,11-12H2,1-2H3/b16-15+. The quantitative estimate of drug-likeness (QED) is 0.618. The highest BCUT2D eigenvalue weighted by Gasteiger charge is 2.24. The molecule has 0 N–H and O–H groups in total. The van der Waals surface area contributed by atoms with Crippen LogP contribution in [0.4, 0.5) is 0 Å². The molecule has 1 aromatic carbocycles. The smallest absolute Gasteiger partial charge is 0.334 e. The molecule has 2 rings (SSSR count). The summed E-state index contributed by atoms with van der Waals surface area (Å²) in [6, 6.07) is 8.03. The van der Waals surface area contributed by atoms with E-state index >= 15 is 0 Å². The molecule has 0 amide bonds. The molecule has 118 valence electrons. The molecule has 0 fully saturated rings. The lowest BCUT2D eigenvalue weighted by Gasteiger charge is -2.22. The SMILES string of the molecule is CCOC(=O)C/C(C(=O)OCC)=C1/CCCc2ccccc21. The van der Waals surface area contributed by atoms with E-state index in [1.807, 2.05) is 18.2 Å². The number of aryl methyl sites for hydroxylation is 1. The molecule has 0 bridgehead atoms. The summed E-state index contributed by atoms with van der Waals surface area (Å²) in [6.07, 6.45) is 2.72. The van der Waals surface area contributed by atoms with E-state index in [9.17, 15) is 9.59 Å². The average Bonchev–Trinajstić information content (AvgIpc) is 2.52. The van der Waals surface area contributed by atoms with Crippen molar-refractivity contribution < 1.29 is 19.1 Å². The lowest BCUT2D eigenvalue weighted by Crippen LogP contribution is -2.17. The van der Waals surface area contributed by atoms with Gasteiger partial charge in [0.05, 0.1) is 25.2 Å². The van der Waals surface area contributed by atoms with Crippen molar-refractivity contribution in [3.8, 4) is 0 Å². The van der Waals surface area contributed by atoms with Crippen LogP contribution in [0.25, 0.3) is 5.57 Å². The van der Waals surface area contributed by atoms with Crippen LogP contribution in [0.3, 0.4) is 0 Å². The molecule has 4 nitrogen and oxygen atoms in total. The number of esters is 2. The number of ether oxygens (including phenoxy) is 2. The van der Waals surface area contributed by atoms with Crippen LogP contribution in [0, 0.1) is 0 Å². The van der Waals surface area contributed by atoms with E-state index in [1.54, 1.807) is 13.8 Å². The molecule has 0 saturated heterocycles. The van der Waals surface area contributed by atoms with Gasteiger partial charge in [0.15, 0.2) is 0 Å². The third-order valence-electron chi connectivity index (χ3n) is 3.73. The fraction of sp³-hybridized carbons (Fsp3) is 0.444. The first-order valence-corrected chi connectivity index (χ1v) is 7.80. The molecule has 0 radical (unpaired) electrons. The first-order chi connectivity index (χ1) is 10.7. The Morgan fingerprint density at radius 2 is 1.77 bits per heavy atom. The van der Waals surface area contributed by atoms with E-state index in [1.165, 1.54) is 5.56 Å². The van der Waals surface area contributed by atoms with Crippen molar-refractivity contribution in [2.45, 2.75) is 39.5 Å². The zero-order valence-electron chi connectivity index (χ0n) is 13.2. The topological polar surface area (TPSA) is 52.6 Å². The van der Waals surface area contributed by atoms with Crippen LogP contribution < -0.4 is 0 Å². The predicted molar refractivity (Wildman–Crippen MR) is 84.2 cm³/mol. The molecular weight excluding hydrogens is 280 g/mol. The third-order valence-corrected chi connectivity index (χ3v) is 3.73. The van der Waals surface area contributed by atoms with Gasteiger partial charge in [0.1, 0.15) is 0 Å². The Morgan fingerprint density at radius 3 is 2.50 bits per heavy atom. The first kappa shape index (κ1) is 16.3. The monoisotopic (exact) mass is 302 g/mol. The number of hydrogen-bond donors (Lipinski definition) is 0. The zero-order chi connectivity index (χ0) is 15.9. The van der Waals surface area contributed by atoms with Crippen molar-refractivity contribution >= 4 is 17.5 Å². The van der Waals surface area contributed by atoms with Gasteiger partial charge in [-0.25, -0.2) is 4.79 Å². The highest BCUT2D eigenvalue weighted by molar-refractivity contribution is 6.02. The van der Waals surface area contributed by atoms with Crippen LogP contribution in [0.2, 0.25) is 0 Å². The van der Waals surface area contributed by atoms with E-state index in [2.05, 4.69) is 6.07 Å². The molecule has 0 aliphatic heterocycles. The summed E-state index contributed by atoms with van der Waals surface area (Å²) in [7, 11) is 0. The molecule has 1 aliphatic carbocycles. The van der Waals surface area contributed by atoms with Gasteiger partial charge in [-0.05, 0) is 49.8 Å². The Morgan fingerprint density at radius 1 is 1.05 bits per heavy atom. The van der Waals surface area contributed by atoms with E-state index in [-0.39, 0.29) is 12.4 Å². The molecule has 0 spiro atoms. The highest BCUT2D eigenvalue weighted by Crippen LogP contribution is 2.34. The molecule has 0 heterocycles. The fourth-order valence-corrected chi connectivity index (χ4v) is 2.81. The van der Waals surface area contributed by atoms with Crippen LogP contribution in [-0.2, 0) is 25.5 Å². The predicted octanol–water partition coefficient (Wildman–Crippen LogP) is 3.29. The largest absolute Gasteiger partial charge is 0.466 e. The Bertz CT molecular complexity index is 587. The van der Waals surface area contributed by atoms with Gasteiger partial charge in [-0.2, -0.15) is 0 Å². The second-order valence-corrected chi connectivity index (χ2v) is 5.17. The van der Waals surface area contributed by atoms with Crippen LogP contribution in [0.5, 0.6) is 0 Å².